The second-order valence-corrected chi connectivity index (χ2v) is 7.24. The van der Waals surface area contributed by atoms with Gasteiger partial charge in [-0.05, 0) is 36.5 Å². The molecule has 0 saturated carbocycles. The van der Waals surface area contributed by atoms with E-state index >= 15 is 0 Å². The first-order valence-corrected chi connectivity index (χ1v) is 8.47. The van der Waals surface area contributed by atoms with Crippen LogP contribution in [0.15, 0.2) is 29.2 Å². The summed E-state index contributed by atoms with van der Waals surface area (Å²) in [5, 5.41) is 8.64. The van der Waals surface area contributed by atoms with Gasteiger partial charge in [0.25, 0.3) is 0 Å². The maximum atomic E-state index is 12.6. The highest BCUT2D eigenvalue weighted by Crippen LogP contribution is 2.24. The van der Waals surface area contributed by atoms with Crippen molar-refractivity contribution in [1.82, 2.24) is 4.31 Å². The lowest BCUT2D eigenvalue weighted by Crippen LogP contribution is -2.41. The van der Waals surface area contributed by atoms with Crippen LogP contribution in [0.3, 0.4) is 0 Å². The summed E-state index contributed by atoms with van der Waals surface area (Å²) >= 11 is 0. The van der Waals surface area contributed by atoms with E-state index in [1.54, 1.807) is 35.7 Å². The largest absolute Gasteiger partial charge is 0.384 e. The smallest absolute Gasteiger partial charge is 0.243 e. The van der Waals surface area contributed by atoms with Crippen molar-refractivity contribution < 1.29 is 13.2 Å². The Hall–Kier alpha value is -1.42. The average Bonchev–Trinajstić information content (AvgIpc) is 2.49. The van der Waals surface area contributed by atoms with Crippen molar-refractivity contribution in [3.05, 3.63) is 29.8 Å². The monoisotopic (exact) mass is 308 g/mol. The predicted octanol–water partition coefficient (Wildman–Crippen LogP) is 1.80. The Morgan fingerprint density at radius 1 is 1.38 bits per heavy atom. The summed E-state index contributed by atoms with van der Waals surface area (Å²) < 4.78 is 31.9. The molecule has 1 unspecified atom stereocenters. The second kappa shape index (κ2) is 7.03. The minimum atomic E-state index is -3.45. The molecule has 6 heteroatoms. The van der Waals surface area contributed by atoms with Crippen LogP contribution < -0.4 is 0 Å². The number of hydrogen-bond acceptors (Lipinski definition) is 4. The van der Waals surface area contributed by atoms with E-state index in [2.05, 4.69) is 6.07 Å². The van der Waals surface area contributed by atoms with Crippen LogP contribution in [-0.2, 0) is 21.2 Å². The third-order valence-electron chi connectivity index (χ3n) is 3.73. The number of piperidine rings is 1. The molecular weight excluding hydrogens is 288 g/mol. The van der Waals surface area contributed by atoms with Gasteiger partial charge in [0, 0.05) is 20.2 Å². The Morgan fingerprint density at radius 3 is 2.71 bits per heavy atom. The van der Waals surface area contributed by atoms with Crippen LogP contribution in [0.2, 0.25) is 0 Å². The minimum absolute atomic E-state index is 0.261. The molecule has 1 aromatic carbocycles. The van der Waals surface area contributed by atoms with E-state index in [0.29, 0.717) is 31.0 Å². The fourth-order valence-electron chi connectivity index (χ4n) is 2.64. The van der Waals surface area contributed by atoms with Crippen LogP contribution in [0.5, 0.6) is 0 Å². The molecule has 0 amide bonds. The molecule has 0 aliphatic carbocycles. The molecule has 1 aliphatic rings. The number of rotatable bonds is 5. The van der Waals surface area contributed by atoms with E-state index in [-0.39, 0.29) is 5.92 Å². The zero-order valence-corrected chi connectivity index (χ0v) is 13.0. The van der Waals surface area contributed by atoms with Gasteiger partial charge in [-0.25, -0.2) is 8.42 Å². The van der Waals surface area contributed by atoms with Crippen molar-refractivity contribution in [2.75, 3.05) is 26.8 Å². The van der Waals surface area contributed by atoms with Gasteiger partial charge in [0.2, 0.25) is 10.0 Å². The first-order chi connectivity index (χ1) is 10.1. The van der Waals surface area contributed by atoms with Gasteiger partial charge in [-0.3, -0.25) is 0 Å². The Balaban J connectivity index is 2.15. The first-order valence-electron chi connectivity index (χ1n) is 7.03. The Bertz CT molecular complexity index is 603. The molecular formula is C15H20N2O3S. The number of methoxy groups -OCH3 is 1. The number of benzene rings is 1. The van der Waals surface area contributed by atoms with E-state index < -0.39 is 10.0 Å². The van der Waals surface area contributed by atoms with Crippen molar-refractivity contribution in [3.63, 3.8) is 0 Å². The zero-order chi connectivity index (χ0) is 15.3. The molecule has 114 valence electrons. The summed E-state index contributed by atoms with van der Waals surface area (Å²) in [6.07, 6.45) is 2.15. The number of ether oxygens (including phenoxy) is 1. The summed E-state index contributed by atoms with van der Waals surface area (Å²) in [6.45, 7) is 1.66. The van der Waals surface area contributed by atoms with Gasteiger partial charge in [-0.15, -0.1) is 0 Å². The molecule has 1 heterocycles. The van der Waals surface area contributed by atoms with Crippen LogP contribution in [0.25, 0.3) is 0 Å². The van der Waals surface area contributed by atoms with Crippen molar-refractivity contribution in [1.29, 1.82) is 5.26 Å². The fourth-order valence-corrected chi connectivity index (χ4v) is 4.19. The van der Waals surface area contributed by atoms with Crippen molar-refractivity contribution >= 4 is 10.0 Å². The molecule has 0 spiro atoms. The molecule has 1 fully saturated rings. The molecule has 1 aliphatic heterocycles. The van der Waals surface area contributed by atoms with E-state index in [9.17, 15) is 8.42 Å². The molecule has 1 saturated heterocycles. The van der Waals surface area contributed by atoms with E-state index in [1.807, 2.05) is 0 Å². The van der Waals surface area contributed by atoms with Crippen molar-refractivity contribution in [2.24, 2.45) is 5.92 Å². The fraction of sp³-hybridized carbons (Fsp3) is 0.533. The normalized spacial score (nSPS) is 20.1. The molecule has 0 N–H and O–H groups in total. The quantitative estimate of drug-likeness (QED) is 0.831. The Morgan fingerprint density at radius 2 is 2.10 bits per heavy atom. The second-order valence-electron chi connectivity index (χ2n) is 5.31. The summed E-state index contributed by atoms with van der Waals surface area (Å²) in [4.78, 5) is 0.294. The van der Waals surface area contributed by atoms with Crippen LogP contribution in [0, 0.1) is 17.2 Å². The SMILES string of the molecule is COCC1CCCN(S(=O)(=O)c2ccc(CC#N)cc2)C1. The van der Waals surface area contributed by atoms with E-state index in [0.717, 1.165) is 18.4 Å². The van der Waals surface area contributed by atoms with Crippen molar-refractivity contribution in [2.45, 2.75) is 24.2 Å². The summed E-state index contributed by atoms with van der Waals surface area (Å²) in [5.41, 5.74) is 0.826. The molecule has 5 nitrogen and oxygen atoms in total. The molecule has 0 bridgehead atoms. The van der Waals surface area contributed by atoms with E-state index in [4.69, 9.17) is 10.00 Å². The standard InChI is InChI=1S/C15H20N2O3S/c1-20-12-14-3-2-10-17(11-14)21(18,19)15-6-4-13(5-7-15)8-9-16/h4-7,14H,2-3,8,10-12H2,1H3. The van der Waals surface area contributed by atoms with Crippen molar-refractivity contribution in [3.8, 4) is 6.07 Å². The lowest BCUT2D eigenvalue weighted by molar-refractivity contribution is 0.118. The van der Waals surface area contributed by atoms with Gasteiger partial charge in [0.1, 0.15) is 0 Å². The molecule has 2 rings (SSSR count). The zero-order valence-electron chi connectivity index (χ0n) is 12.2. The maximum Gasteiger partial charge on any atom is 0.243 e. The number of hydrogen-bond donors (Lipinski definition) is 0. The topological polar surface area (TPSA) is 70.4 Å². The molecule has 0 radical (unpaired) electrons. The summed E-state index contributed by atoms with van der Waals surface area (Å²) in [5.74, 6) is 0.261. The highest BCUT2D eigenvalue weighted by molar-refractivity contribution is 7.89. The third kappa shape index (κ3) is 3.82. The molecule has 0 aromatic heterocycles. The van der Waals surface area contributed by atoms with Gasteiger partial charge in [0.15, 0.2) is 0 Å². The highest BCUT2D eigenvalue weighted by atomic mass is 32.2. The highest BCUT2D eigenvalue weighted by Gasteiger charge is 2.30. The van der Waals surface area contributed by atoms with Crippen LogP contribution in [0.1, 0.15) is 18.4 Å². The van der Waals surface area contributed by atoms with Gasteiger partial charge in [-0.1, -0.05) is 12.1 Å². The Kier molecular flexibility index (Phi) is 5.34. The molecule has 1 atom stereocenters. The predicted molar refractivity (Wildman–Crippen MR) is 79.1 cm³/mol. The number of nitriles is 1. The average molecular weight is 308 g/mol. The summed E-state index contributed by atoms with van der Waals surface area (Å²) in [6, 6.07) is 8.62. The van der Waals surface area contributed by atoms with Gasteiger partial charge in [0.05, 0.1) is 24.0 Å². The molecule has 1 aromatic rings. The van der Waals surface area contributed by atoms with Crippen LogP contribution >= 0.6 is 0 Å². The van der Waals surface area contributed by atoms with Crippen LogP contribution in [0.4, 0.5) is 0 Å². The van der Waals surface area contributed by atoms with Gasteiger partial charge < -0.3 is 4.74 Å². The lowest BCUT2D eigenvalue weighted by Gasteiger charge is -2.31. The van der Waals surface area contributed by atoms with E-state index in [1.165, 1.54) is 0 Å². The Labute approximate surface area is 126 Å². The van der Waals surface area contributed by atoms with Gasteiger partial charge in [-0.2, -0.15) is 9.57 Å². The minimum Gasteiger partial charge on any atom is -0.384 e. The first kappa shape index (κ1) is 16.0. The number of sulfonamides is 1. The molecule has 21 heavy (non-hydrogen) atoms. The van der Waals surface area contributed by atoms with Crippen LogP contribution in [-0.4, -0.2) is 39.5 Å². The maximum absolute atomic E-state index is 12.6. The summed E-state index contributed by atoms with van der Waals surface area (Å²) in [7, 11) is -1.81. The van der Waals surface area contributed by atoms with Gasteiger partial charge >= 0.3 is 0 Å². The third-order valence-corrected chi connectivity index (χ3v) is 5.61. The number of nitrogens with zero attached hydrogens (tertiary/aromatic N) is 2. The lowest BCUT2D eigenvalue weighted by atomic mass is 10.0.